The largest absolute Gasteiger partial charge is 0.481 e. The van der Waals surface area contributed by atoms with Crippen LogP contribution >= 0.6 is 0 Å². The second kappa shape index (κ2) is 5.13. The van der Waals surface area contributed by atoms with Crippen molar-refractivity contribution in [1.29, 1.82) is 0 Å². The number of pyridine rings is 1. The maximum absolute atomic E-state index is 5.20. The van der Waals surface area contributed by atoms with Crippen molar-refractivity contribution in [2.24, 2.45) is 0 Å². The van der Waals surface area contributed by atoms with Crippen molar-refractivity contribution in [3.8, 4) is 18.2 Å². The van der Waals surface area contributed by atoms with Gasteiger partial charge in [0.25, 0.3) is 0 Å². The van der Waals surface area contributed by atoms with Crippen LogP contribution in [0.4, 0.5) is 5.82 Å². The summed E-state index contributed by atoms with van der Waals surface area (Å²) < 4.78 is 5.00. The SMILES string of the molecule is C#CCC(C)Nc1cccc(OC)n1. The second-order valence-electron chi connectivity index (χ2n) is 3.02. The van der Waals surface area contributed by atoms with E-state index in [1.165, 1.54) is 0 Å². The van der Waals surface area contributed by atoms with E-state index in [0.717, 1.165) is 5.82 Å². The van der Waals surface area contributed by atoms with Crippen LogP contribution in [-0.4, -0.2) is 18.1 Å². The van der Waals surface area contributed by atoms with Crippen molar-refractivity contribution in [1.82, 2.24) is 4.98 Å². The summed E-state index contributed by atoms with van der Waals surface area (Å²) in [7, 11) is 1.59. The lowest BCUT2D eigenvalue weighted by molar-refractivity contribution is 0.398. The molecule has 0 radical (unpaired) electrons. The molecule has 3 nitrogen and oxygen atoms in total. The van der Waals surface area contributed by atoms with Gasteiger partial charge in [0.15, 0.2) is 0 Å². The van der Waals surface area contributed by atoms with Gasteiger partial charge in [-0.05, 0) is 13.0 Å². The minimum Gasteiger partial charge on any atom is -0.481 e. The summed E-state index contributed by atoms with van der Waals surface area (Å²) in [6.07, 6.45) is 5.88. The van der Waals surface area contributed by atoms with Crippen LogP contribution in [0, 0.1) is 12.3 Å². The predicted octanol–water partition coefficient (Wildman–Crippen LogP) is 1.91. The van der Waals surface area contributed by atoms with Gasteiger partial charge in [-0.25, -0.2) is 0 Å². The Hall–Kier alpha value is -1.69. The smallest absolute Gasteiger partial charge is 0.214 e. The van der Waals surface area contributed by atoms with Crippen LogP contribution in [0.15, 0.2) is 18.2 Å². The summed E-state index contributed by atoms with van der Waals surface area (Å²) in [5.74, 6) is 3.98. The van der Waals surface area contributed by atoms with Crippen molar-refractivity contribution in [3.05, 3.63) is 18.2 Å². The molecule has 3 heteroatoms. The molecule has 1 N–H and O–H groups in total. The summed E-state index contributed by atoms with van der Waals surface area (Å²) >= 11 is 0. The van der Waals surface area contributed by atoms with Gasteiger partial charge in [-0.2, -0.15) is 4.98 Å². The first-order valence-corrected chi connectivity index (χ1v) is 4.47. The molecule has 1 heterocycles. The Bertz CT molecular complexity index is 330. The van der Waals surface area contributed by atoms with Crippen LogP contribution in [0.3, 0.4) is 0 Å². The van der Waals surface area contributed by atoms with E-state index in [1.807, 2.05) is 19.1 Å². The molecule has 74 valence electrons. The Balaban J connectivity index is 2.63. The van der Waals surface area contributed by atoms with Crippen molar-refractivity contribution in [3.63, 3.8) is 0 Å². The van der Waals surface area contributed by atoms with Crippen LogP contribution in [0.5, 0.6) is 5.88 Å². The van der Waals surface area contributed by atoms with Crippen molar-refractivity contribution < 1.29 is 4.74 Å². The van der Waals surface area contributed by atoms with E-state index in [0.29, 0.717) is 12.3 Å². The van der Waals surface area contributed by atoms with Gasteiger partial charge in [0, 0.05) is 18.5 Å². The number of nitrogens with one attached hydrogen (secondary N) is 1. The number of nitrogens with zero attached hydrogens (tertiary/aromatic N) is 1. The molecule has 0 aliphatic rings. The topological polar surface area (TPSA) is 34.1 Å². The molecular formula is C11H14N2O. The Morgan fingerprint density at radius 1 is 1.64 bits per heavy atom. The average molecular weight is 190 g/mol. The molecule has 0 saturated heterocycles. The summed E-state index contributed by atoms with van der Waals surface area (Å²) in [5.41, 5.74) is 0. The summed E-state index contributed by atoms with van der Waals surface area (Å²) in [6.45, 7) is 2.01. The summed E-state index contributed by atoms with van der Waals surface area (Å²) in [4.78, 5) is 4.21. The normalized spacial score (nSPS) is 11.5. The van der Waals surface area contributed by atoms with E-state index in [4.69, 9.17) is 11.2 Å². The minimum atomic E-state index is 0.222. The zero-order valence-corrected chi connectivity index (χ0v) is 8.45. The first kappa shape index (κ1) is 10.4. The summed E-state index contributed by atoms with van der Waals surface area (Å²) in [5, 5.41) is 3.18. The Morgan fingerprint density at radius 2 is 2.43 bits per heavy atom. The van der Waals surface area contributed by atoms with Gasteiger partial charge < -0.3 is 10.1 Å². The molecule has 1 unspecified atom stereocenters. The van der Waals surface area contributed by atoms with Gasteiger partial charge in [0.1, 0.15) is 5.82 Å². The first-order valence-electron chi connectivity index (χ1n) is 4.47. The Morgan fingerprint density at radius 3 is 3.07 bits per heavy atom. The van der Waals surface area contributed by atoms with E-state index >= 15 is 0 Å². The van der Waals surface area contributed by atoms with Crippen molar-refractivity contribution >= 4 is 5.82 Å². The molecule has 1 aromatic rings. The van der Waals surface area contributed by atoms with Gasteiger partial charge in [-0.15, -0.1) is 12.3 Å². The fourth-order valence-electron chi connectivity index (χ4n) is 1.09. The van der Waals surface area contributed by atoms with Crippen molar-refractivity contribution in [2.75, 3.05) is 12.4 Å². The standard InChI is InChI=1S/C11H14N2O/c1-4-6-9(2)12-10-7-5-8-11(13-10)14-3/h1,5,7-9H,6H2,2-3H3,(H,12,13). The fraction of sp³-hybridized carbons (Fsp3) is 0.364. The van der Waals surface area contributed by atoms with Crippen molar-refractivity contribution in [2.45, 2.75) is 19.4 Å². The van der Waals surface area contributed by atoms with E-state index in [2.05, 4.69) is 16.2 Å². The molecule has 0 bridgehead atoms. The van der Waals surface area contributed by atoms with Gasteiger partial charge >= 0.3 is 0 Å². The quantitative estimate of drug-likeness (QED) is 0.736. The minimum absolute atomic E-state index is 0.222. The number of methoxy groups -OCH3 is 1. The molecule has 0 aliphatic carbocycles. The average Bonchev–Trinajstić information content (AvgIpc) is 2.18. The lowest BCUT2D eigenvalue weighted by atomic mass is 10.2. The highest BCUT2D eigenvalue weighted by Crippen LogP contribution is 2.11. The van der Waals surface area contributed by atoms with Gasteiger partial charge in [-0.1, -0.05) is 6.07 Å². The zero-order chi connectivity index (χ0) is 10.4. The van der Waals surface area contributed by atoms with E-state index in [9.17, 15) is 0 Å². The van der Waals surface area contributed by atoms with E-state index in [1.54, 1.807) is 13.2 Å². The molecule has 0 saturated carbocycles. The van der Waals surface area contributed by atoms with Gasteiger partial charge in [0.2, 0.25) is 5.88 Å². The lowest BCUT2D eigenvalue weighted by Crippen LogP contribution is -2.14. The predicted molar refractivity (Wildman–Crippen MR) is 57.3 cm³/mol. The van der Waals surface area contributed by atoms with Crippen LogP contribution in [-0.2, 0) is 0 Å². The molecule has 0 aromatic carbocycles. The highest BCUT2D eigenvalue weighted by atomic mass is 16.5. The molecule has 1 rings (SSSR count). The fourth-order valence-corrected chi connectivity index (χ4v) is 1.09. The number of hydrogen-bond acceptors (Lipinski definition) is 3. The molecule has 1 aromatic heterocycles. The number of rotatable bonds is 4. The van der Waals surface area contributed by atoms with Gasteiger partial charge in [-0.3, -0.25) is 0 Å². The number of aromatic nitrogens is 1. The monoisotopic (exact) mass is 190 g/mol. The number of hydrogen-bond donors (Lipinski definition) is 1. The zero-order valence-electron chi connectivity index (χ0n) is 8.45. The molecule has 0 fully saturated rings. The summed E-state index contributed by atoms with van der Waals surface area (Å²) in [6, 6.07) is 5.79. The van der Waals surface area contributed by atoms with E-state index in [-0.39, 0.29) is 6.04 Å². The third kappa shape index (κ3) is 2.98. The van der Waals surface area contributed by atoms with Gasteiger partial charge in [0.05, 0.1) is 7.11 Å². The second-order valence-corrected chi connectivity index (χ2v) is 3.02. The Kier molecular flexibility index (Phi) is 3.81. The molecule has 0 spiro atoms. The number of ether oxygens (including phenoxy) is 1. The molecule has 0 amide bonds. The molecule has 14 heavy (non-hydrogen) atoms. The molecule has 0 aliphatic heterocycles. The Labute approximate surface area is 84.5 Å². The molecular weight excluding hydrogens is 176 g/mol. The van der Waals surface area contributed by atoms with Crippen LogP contribution in [0.1, 0.15) is 13.3 Å². The maximum Gasteiger partial charge on any atom is 0.214 e. The van der Waals surface area contributed by atoms with E-state index < -0.39 is 0 Å². The highest BCUT2D eigenvalue weighted by molar-refractivity contribution is 5.38. The number of terminal acetylenes is 1. The molecule has 1 atom stereocenters. The van der Waals surface area contributed by atoms with Crippen LogP contribution in [0.25, 0.3) is 0 Å². The third-order valence-corrected chi connectivity index (χ3v) is 1.75. The highest BCUT2D eigenvalue weighted by Gasteiger charge is 2.01. The van der Waals surface area contributed by atoms with Crippen LogP contribution < -0.4 is 10.1 Å². The lowest BCUT2D eigenvalue weighted by Gasteiger charge is -2.11. The maximum atomic E-state index is 5.20. The number of anilines is 1. The first-order chi connectivity index (χ1) is 6.76. The third-order valence-electron chi connectivity index (χ3n) is 1.75. The van der Waals surface area contributed by atoms with Crippen LogP contribution in [0.2, 0.25) is 0 Å².